The van der Waals surface area contributed by atoms with Gasteiger partial charge in [-0.2, -0.15) is 5.10 Å². The van der Waals surface area contributed by atoms with E-state index in [9.17, 15) is 14.3 Å². The van der Waals surface area contributed by atoms with E-state index in [0.29, 0.717) is 12.3 Å². The third-order valence-electron chi connectivity index (χ3n) is 4.58. The highest BCUT2D eigenvalue weighted by Gasteiger charge is 2.16. The van der Waals surface area contributed by atoms with Crippen molar-refractivity contribution in [2.75, 3.05) is 7.11 Å². The first-order chi connectivity index (χ1) is 13.4. The van der Waals surface area contributed by atoms with Crippen LogP contribution >= 0.6 is 0 Å². The number of aromatic nitrogens is 2. The van der Waals surface area contributed by atoms with Crippen LogP contribution in [0, 0.1) is 19.7 Å². The van der Waals surface area contributed by atoms with Crippen molar-refractivity contribution in [2.45, 2.75) is 26.8 Å². The number of aromatic hydroxyl groups is 1. The van der Waals surface area contributed by atoms with E-state index in [-0.39, 0.29) is 23.9 Å². The molecule has 3 rings (SSSR count). The second kappa shape index (κ2) is 8.12. The van der Waals surface area contributed by atoms with E-state index in [4.69, 9.17) is 4.74 Å². The Morgan fingerprint density at radius 1 is 1.21 bits per heavy atom. The fourth-order valence-corrected chi connectivity index (χ4v) is 3.02. The molecule has 0 radical (unpaired) electrons. The van der Waals surface area contributed by atoms with E-state index >= 15 is 0 Å². The Morgan fingerprint density at radius 2 is 1.93 bits per heavy atom. The van der Waals surface area contributed by atoms with Gasteiger partial charge in [0.25, 0.3) is 0 Å². The lowest BCUT2D eigenvalue weighted by Gasteiger charge is -2.09. The summed E-state index contributed by atoms with van der Waals surface area (Å²) in [5.74, 6) is -0.0383. The average Bonchev–Trinajstić information content (AvgIpc) is 2.96. The number of phenolic OH excluding ortho intramolecular Hbond substituents is 1. The molecule has 0 unspecified atom stereocenters. The van der Waals surface area contributed by atoms with Crippen LogP contribution in [-0.4, -0.2) is 27.9 Å². The summed E-state index contributed by atoms with van der Waals surface area (Å²) < 4.78 is 19.9. The predicted octanol–water partition coefficient (Wildman–Crippen LogP) is 3.20. The van der Waals surface area contributed by atoms with Crippen LogP contribution in [0.5, 0.6) is 11.5 Å². The summed E-state index contributed by atoms with van der Waals surface area (Å²) in [5.41, 5.74) is 3.99. The van der Waals surface area contributed by atoms with E-state index in [1.807, 2.05) is 13.8 Å². The van der Waals surface area contributed by atoms with Gasteiger partial charge in [0.1, 0.15) is 5.82 Å². The standard InChI is InChI=1S/C21H22FN3O3/c1-13-18(14(2)25(24-13)17-7-5-16(22)6-8-17)11-21(27)23-12-15-4-9-19(26)20(10-15)28-3/h4-10,26H,11-12H2,1-3H3,(H,23,27). The number of carbonyl (C=O) groups excluding carboxylic acids is 1. The Kier molecular flexibility index (Phi) is 5.63. The number of halogens is 1. The first-order valence-corrected chi connectivity index (χ1v) is 8.82. The van der Waals surface area contributed by atoms with Gasteiger partial charge in [0, 0.05) is 17.8 Å². The Hall–Kier alpha value is -3.35. The van der Waals surface area contributed by atoms with Gasteiger partial charge >= 0.3 is 0 Å². The smallest absolute Gasteiger partial charge is 0.224 e. The van der Waals surface area contributed by atoms with Crippen LogP contribution in [0.25, 0.3) is 5.69 Å². The van der Waals surface area contributed by atoms with Crippen LogP contribution in [0.4, 0.5) is 4.39 Å². The number of ether oxygens (including phenoxy) is 1. The topological polar surface area (TPSA) is 76.4 Å². The second-order valence-electron chi connectivity index (χ2n) is 6.50. The average molecular weight is 383 g/mol. The van der Waals surface area contributed by atoms with Gasteiger partial charge in [0.2, 0.25) is 5.91 Å². The molecule has 0 atom stereocenters. The van der Waals surface area contributed by atoms with E-state index in [1.54, 1.807) is 28.9 Å². The molecule has 0 aliphatic rings. The van der Waals surface area contributed by atoms with Crippen molar-refractivity contribution in [3.8, 4) is 17.2 Å². The molecule has 0 aliphatic heterocycles. The van der Waals surface area contributed by atoms with Gasteiger partial charge in [0.15, 0.2) is 11.5 Å². The molecule has 1 amide bonds. The van der Waals surface area contributed by atoms with Gasteiger partial charge in [-0.1, -0.05) is 6.07 Å². The highest BCUT2D eigenvalue weighted by molar-refractivity contribution is 5.79. The summed E-state index contributed by atoms with van der Waals surface area (Å²) in [4.78, 5) is 12.4. The number of carbonyl (C=O) groups is 1. The number of rotatable bonds is 6. The summed E-state index contributed by atoms with van der Waals surface area (Å²) in [6.07, 6.45) is 0.189. The monoisotopic (exact) mass is 383 g/mol. The highest BCUT2D eigenvalue weighted by atomic mass is 19.1. The van der Waals surface area contributed by atoms with Crippen molar-refractivity contribution in [2.24, 2.45) is 0 Å². The van der Waals surface area contributed by atoms with Gasteiger partial charge in [-0.25, -0.2) is 9.07 Å². The number of aryl methyl sites for hydroxylation is 1. The molecule has 0 saturated carbocycles. The highest BCUT2D eigenvalue weighted by Crippen LogP contribution is 2.26. The normalized spacial score (nSPS) is 10.7. The van der Waals surface area contributed by atoms with E-state index < -0.39 is 0 Å². The summed E-state index contributed by atoms with van der Waals surface area (Å²) in [5, 5.41) is 17.0. The number of hydrogen-bond acceptors (Lipinski definition) is 4. The van der Waals surface area contributed by atoms with Crippen LogP contribution in [0.1, 0.15) is 22.5 Å². The number of hydrogen-bond donors (Lipinski definition) is 2. The van der Waals surface area contributed by atoms with Gasteiger partial charge in [-0.15, -0.1) is 0 Å². The van der Waals surface area contributed by atoms with Crippen molar-refractivity contribution < 1.29 is 19.0 Å². The molecule has 146 valence electrons. The zero-order valence-electron chi connectivity index (χ0n) is 16.0. The van der Waals surface area contributed by atoms with Gasteiger partial charge in [-0.05, 0) is 55.8 Å². The molecule has 28 heavy (non-hydrogen) atoms. The lowest BCUT2D eigenvalue weighted by atomic mass is 10.1. The molecule has 0 fully saturated rings. The molecule has 2 N–H and O–H groups in total. The molecule has 1 heterocycles. The predicted molar refractivity (Wildman–Crippen MR) is 103 cm³/mol. The molecule has 3 aromatic rings. The Balaban J connectivity index is 1.70. The maximum absolute atomic E-state index is 13.1. The van der Waals surface area contributed by atoms with Crippen molar-refractivity contribution >= 4 is 5.91 Å². The molecule has 2 aromatic carbocycles. The fraction of sp³-hybridized carbons (Fsp3) is 0.238. The van der Waals surface area contributed by atoms with Gasteiger partial charge < -0.3 is 15.2 Å². The van der Waals surface area contributed by atoms with Crippen molar-refractivity contribution in [1.82, 2.24) is 15.1 Å². The molecule has 0 spiro atoms. The summed E-state index contributed by atoms with van der Waals surface area (Å²) >= 11 is 0. The minimum absolute atomic E-state index is 0.0528. The molecule has 0 bridgehead atoms. The Labute approximate surface area is 162 Å². The van der Waals surface area contributed by atoms with Crippen molar-refractivity contribution in [1.29, 1.82) is 0 Å². The maximum atomic E-state index is 13.1. The number of nitrogens with one attached hydrogen (secondary N) is 1. The van der Waals surface area contributed by atoms with Crippen molar-refractivity contribution in [3.63, 3.8) is 0 Å². The Bertz CT molecular complexity index is 997. The maximum Gasteiger partial charge on any atom is 0.224 e. The minimum Gasteiger partial charge on any atom is -0.504 e. The number of nitrogens with zero attached hydrogens (tertiary/aromatic N) is 2. The molecular formula is C21H22FN3O3. The van der Waals surface area contributed by atoms with Crippen molar-refractivity contribution in [3.05, 3.63) is 70.8 Å². The van der Waals surface area contributed by atoms with E-state index in [1.165, 1.54) is 25.3 Å². The summed E-state index contributed by atoms with van der Waals surface area (Å²) in [7, 11) is 1.47. The molecule has 6 nitrogen and oxygen atoms in total. The summed E-state index contributed by atoms with van der Waals surface area (Å²) in [6, 6.07) is 11.0. The van der Waals surface area contributed by atoms with E-state index in [2.05, 4.69) is 10.4 Å². The van der Waals surface area contributed by atoms with Gasteiger partial charge in [-0.3, -0.25) is 4.79 Å². The third kappa shape index (κ3) is 4.14. The van der Waals surface area contributed by atoms with Crippen LogP contribution in [0.3, 0.4) is 0 Å². The third-order valence-corrected chi connectivity index (χ3v) is 4.58. The number of phenols is 1. The van der Waals surface area contributed by atoms with Gasteiger partial charge in [0.05, 0.1) is 24.9 Å². The molecule has 0 saturated heterocycles. The lowest BCUT2D eigenvalue weighted by Crippen LogP contribution is -2.25. The van der Waals surface area contributed by atoms with Crippen LogP contribution in [0.2, 0.25) is 0 Å². The summed E-state index contributed by atoms with van der Waals surface area (Å²) in [6.45, 7) is 4.05. The Morgan fingerprint density at radius 3 is 2.61 bits per heavy atom. The van der Waals surface area contributed by atoms with Crippen LogP contribution in [-0.2, 0) is 17.8 Å². The number of methoxy groups -OCH3 is 1. The fourth-order valence-electron chi connectivity index (χ4n) is 3.02. The zero-order valence-corrected chi connectivity index (χ0v) is 16.0. The quantitative estimate of drug-likeness (QED) is 0.685. The largest absolute Gasteiger partial charge is 0.504 e. The molecule has 7 heteroatoms. The minimum atomic E-state index is -0.309. The zero-order chi connectivity index (χ0) is 20.3. The van der Waals surface area contributed by atoms with Crippen LogP contribution in [0.15, 0.2) is 42.5 Å². The second-order valence-corrected chi connectivity index (χ2v) is 6.50. The number of amides is 1. The number of benzene rings is 2. The first-order valence-electron chi connectivity index (χ1n) is 8.82. The molecule has 1 aromatic heterocycles. The molecule has 0 aliphatic carbocycles. The molecular weight excluding hydrogens is 361 g/mol. The first kappa shape index (κ1) is 19.4. The van der Waals surface area contributed by atoms with E-state index in [0.717, 1.165) is 28.2 Å². The van der Waals surface area contributed by atoms with Crippen LogP contribution < -0.4 is 10.1 Å². The SMILES string of the molecule is COc1cc(CNC(=O)Cc2c(C)nn(-c3ccc(F)cc3)c2C)ccc1O. The lowest BCUT2D eigenvalue weighted by molar-refractivity contribution is -0.120.